The molecule has 0 aromatic carbocycles. The molecule has 4 N–H and O–H groups in total. The van der Waals surface area contributed by atoms with Crippen LogP contribution in [0.4, 0.5) is 0 Å². The Morgan fingerprint density at radius 1 is 1.50 bits per heavy atom. The summed E-state index contributed by atoms with van der Waals surface area (Å²) in [5, 5.41) is 20.9. The van der Waals surface area contributed by atoms with E-state index in [0.717, 1.165) is 12.8 Å². The van der Waals surface area contributed by atoms with Crippen LogP contribution in [0.15, 0.2) is 0 Å². The van der Waals surface area contributed by atoms with Gasteiger partial charge in [0.2, 0.25) is 5.91 Å². The minimum Gasteiger partial charge on any atom is -0.480 e. The molecule has 1 aliphatic rings. The molecule has 0 saturated heterocycles. The summed E-state index contributed by atoms with van der Waals surface area (Å²) in [7, 11) is 0. The fourth-order valence-corrected chi connectivity index (χ4v) is 3.04. The highest BCUT2D eigenvalue weighted by Gasteiger charge is 2.37. The summed E-state index contributed by atoms with van der Waals surface area (Å²) in [4.78, 5) is 22.8. The molecule has 0 spiro atoms. The first-order chi connectivity index (χ1) is 9.22. The van der Waals surface area contributed by atoms with Crippen molar-refractivity contribution in [3.63, 3.8) is 0 Å². The number of hydrogen-bond acceptors (Lipinski definition) is 5. The lowest BCUT2D eigenvalue weighted by Gasteiger charge is -2.28. The lowest BCUT2D eigenvalue weighted by atomic mass is 10.0. The van der Waals surface area contributed by atoms with Crippen molar-refractivity contribution in [2.45, 2.75) is 55.9 Å². The molecule has 1 saturated carbocycles. The number of carboxylic acids is 1. The molecule has 7 heteroatoms. The van der Waals surface area contributed by atoms with Crippen molar-refractivity contribution in [3.05, 3.63) is 0 Å². The molecule has 20 heavy (non-hydrogen) atoms. The smallest absolute Gasteiger partial charge is 0.321 e. The first-order valence-corrected chi connectivity index (χ1v) is 7.56. The minimum atomic E-state index is -1.09. The molecule has 0 radical (unpaired) electrons. The Labute approximate surface area is 123 Å². The topological polar surface area (TPSA) is 116 Å². The van der Waals surface area contributed by atoms with E-state index in [1.54, 1.807) is 13.8 Å². The SMILES string of the molecule is CC(C)(SCC(=O)NC1(C#N)CCCC1)[C@@H](N)C(=O)O. The van der Waals surface area contributed by atoms with Gasteiger partial charge in [0.15, 0.2) is 0 Å². The predicted octanol–water partition coefficient (Wildman–Crippen LogP) is 0.863. The van der Waals surface area contributed by atoms with Crippen LogP contribution < -0.4 is 11.1 Å². The van der Waals surface area contributed by atoms with Crippen LogP contribution in [-0.4, -0.2) is 39.1 Å². The Hall–Kier alpha value is -1.26. The van der Waals surface area contributed by atoms with E-state index in [2.05, 4.69) is 11.4 Å². The van der Waals surface area contributed by atoms with E-state index in [-0.39, 0.29) is 11.7 Å². The Balaban J connectivity index is 2.51. The van der Waals surface area contributed by atoms with Crippen LogP contribution in [0.2, 0.25) is 0 Å². The quantitative estimate of drug-likeness (QED) is 0.670. The van der Waals surface area contributed by atoms with E-state index in [0.29, 0.717) is 12.8 Å². The van der Waals surface area contributed by atoms with Crippen LogP contribution in [-0.2, 0) is 9.59 Å². The molecule has 1 rings (SSSR count). The summed E-state index contributed by atoms with van der Waals surface area (Å²) in [5.74, 6) is -1.24. The van der Waals surface area contributed by atoms with Crippen LogP contribution in [0.3, 0.4) is 0 Å². The average Bonchev–Trinajstić information content (AvgIpc) is 2.84. The van der Waals surface area contributed by atoms with E-state index in [1.807, 2.05) is 0 Å². The summed E-state index contributed by atoms with van der Waals surface area (Å²) in [6, 6.07) is 1.14. The van der Waals surface area contributed by atoms with Gasteiger partial charge in [-0.1, -0.05) is 0 Å². The van der Waals surface area contributed by atoms with Gasteiger partial charge in [0.1, 0.15) is 11.6 Å². The number of rotatable bonds is 6. The van der Waals surface area contributed by atoms with Gasteiger partial charge in [-0.05, 0) is 39.5 Å². The number of carboxylic acid groups (broad SMARTS) is 1. The fraction of sp³-hybridized carbons (Fsp3) is 0.769. The van der Waals surface area contributed by atoms with E-state index in [1.165, 1.54) is 11.8 Å². The largest absolute Gasteiger partial charge is 0.480 e. The second-order valence-electron chi connectivity index (χ2n) is 5.66. The normalized spacial score (nSPS) is 19.1. The highest BCUT2D eigenvalue weighted by atomic mass is 32.2. The Morgan fingerprint density at radius 3 is 2.50 bits per heavy atom. The van der Waals surface area contributed by atoms with Crippen LogP contribution in [0.1, 0.15) is 39.5 Å². The van der Waals surface area contributed by atoms with Gasteiger partial charge in [0.05, 0.1) is 11.8 Å². The molecule has 1 fully saturated rings. The number of nitrogens with zero attached hydrogens (tertiary/aromatic N) is 1. The van der Waals surface area contributed by atoms with Gasteiger partial charge in [-0.15, -0.1) is 11.8 Å². The number of carbonyl (C=O) groups is 2. The second kappa shape index (κ2) is 6.46. The highest BCUT2D eigenvalue weighted by molar-refractivity contribution is 8.01. The van der Waals surface area contributed by atoms with Crippen molar-refractivity contribution in [2.24, 2.45) is 5.73 Å². The third-order valence-electron chi connectivity index (χ3n) is 3.64. The molecule has 0 aromatic rings. The lowest BCUT2D eigenvalue weighted by molar-refractivity contribution is -0.139. The van der Waals surface area contributed by atoms with Crippen LogP contribution in [0, 0.1) is 11.3 Å². The average molecular weight is 299 g/mol. The number of nitrogens with two attached hydrogens (primary N) is 1. The van der Waals surface area contributed by atoms with Crippen molar-refractivity contribution in [1.29, 1.82) is 5.26 Å². The maximum atomic E-state index is 11.9. The zero-order chi connectivity index (χ0) is 15.4. The van der Waals surface area contributed by atoms with Gasteiger partial charge < -0.3 is 16.2 Å². The van der Waals surface area contributed by atoms with Crippen LogP contribution in [0.25, 0.3) is 0 Å². The number of hydrogen-bond donors (Lipinski definition) is 3. The Morgan fingerprint density at radius 2 is 2.05 bits per heavy atom. The van der Waals surface area contributed by atoms with E-state index in [9.17, 15) is 14.9 Å². The standard InChI is InChI=1S/C13H21N3O3S/c1-12(2,10(15)11(18)19)20-7-9(17)16-13(8-14)5-3-4-6-13/h10H,3-7,15H2,1-2H3,(H,16,17)(H,18,19)/t10-/m0/s1. The Bertz CT molecular complexity index is 425. The maximum absolute atomic E-state index is 11.9. The first-order valence-electron chi connectivity index (χ1n) is 6.57. The van der Waals surface area contributed by atoms with Gasteiger partial charge in [0, 0.05) is 4.75 Å². The van der Waals surface area contributed by atoms with Crippen molar-refractivity contribution >= 4 is 23.6 Å². The van der Waals surface area contributed by atoms with Gasteiger partial charge in [-0.25, -0.2) is 0 Å². The lowest BCUT2D eigenvalue weighted by Crippen LogP contribution is -2.49. The number of amides is 1. The molecule has 1 amide bonds. The fourth-order valence-electron chi connectivity index (χ4n) is 2.18. The van der Waals surface area contributed by atoms with Crippen molar-refractivity contribution < 1.29 is 14.7 Å². The van der Waals surface area contributed by atoms with Gasteiger partial charge in [0.25, 0.3) is 0 Å². The summed E-state index contributed by atoms with van der Waals surface area (Å²) >= 11 is 1.19. The monoisotopic (exact) mass is 299 g/mol. The van der Waals surface area contributed by atoms with Crippen LogP contribution >= 0.6 is 11.8 Å². The molecule has 112 valence electrons. The third kappa shape index (κ3) is 4.12. The molecule has 1 aliphatic carbocycles. The highest BCUT2D eigenvalue weighted by Crippen LogP contribution is 2.30. The minimum absolute atomic E-state index is 0.0947. The molecule has 0 aromatic heterocycles. The third-order valence-corrected chi connectivity index (χ3v) is 5.04. The van der Waals surface area contributed by atoms with Crippen molar-refractivity contribution in [1.82, 2.24) is 5.32 Å². The molecular formula is C13H21N3O3S. The second-order valence-corrected chi connectivity index (χ2v) is 7.29. The molecule has 1 atom stereocenters. The predicted molar refractivity (Wildman–Crippen MR) is 77.1 cm³/mol. The van der Waals surface area contributed by atoms with Gasteiger partial charge >= 0.3 is 5.97 Å². The van der Waals surface area contributed by atoms with E-state index < -0.39 is 22.3 Å². The first kappa shape index (κ1) is 16.8. The maximum Gasteiger partial charge on any atom is 0.321 e. The Kier molecular flexibility index (Phi) is 5.42. The van der Waals surface area contributed by atoms with Gasteiger partial charge in [-0.2, -0.15) is 5.26 Å². The zero-order valence-electron chi connectivity index (χ0n) is 11.8. The number of thioether (sulfide) groups is 1. The number of nitrogens with one attached hydrogen (secondary N) is 1. The van der Waals surface area contributed by atoms with Crippen molar-refractivity contribution in [3.8, 4) is 6.07 Å². The molecule has 0 unspecified atom stereocenters. The molecule has 6 nitrogen and oxygen atoms in total. The number of carbonyl (C=O) groups excluding carboxylic acids is 1. The molecule has 0 bridgehead atoms. The summed E-state index contributed by atoms with van der Waals surface area (Å²) in [5.41, 5.74) is 4.85. The number of nitriles is 1. The van der Waals surface area contributed by atoms with E-state index >= 15 is 0 Å². The van der Waals surface area contributed by atoms with Crippen LogP contribution in [0.5, 0.6) is 0 Å². The summed E-state index contributed by atoms with van der Waals surface area (Å²) in [6.45, 7) is 3.39. The van der Waals surface area contributed by atoms with E-state index in [4.69, 9.17) is 10.8 Å². The summed E-state index contributed by atoms with van der Waals surface area (Å²) < 4.78 is -0.751. The molecule has 0 heterocycles. The summed E-state index contributed by atoms with van der Waals surface area (Å²) in [6.07, 6.45) is 3.24. The molecule has 0 aliphatic heterocycles. The number of aliphatic carboxylic acids is 1. The molecular weight excluding hydrogens is 278 g/mol. The van der Waals surface area contributed by atoms with Crippen molar-refractivity contribution in [2.75, 3.05) is 5.75 Å². The zero-order valence-corrected chi connectivity index (χ0v) is 12.6. The van der Waals surface area contributed by atoms with Gasteiger partial charge in [-0.3, -0.25) is 9.59 Å².